The van der Waals surface area contributed by atoms with E-state index in [0.717, 1.165) is 6.54 Å². The molecule has 0 aliphatic carbocycles. The number of aryl methyl sites for hydroxylation is 1. The van der Waals surface area contributed by atoms with Crippen molar-refractivity contribution in [3.8, 4) is 0 Å². The van der Waals surface area contributed by atoms with Crippen molar-refractivity contribution in [2.75, 3.05) is 6.54 Å². The Balaban J connectivity index is 2.59. The number of hydrogen-bond acceptors (Lipinski definition) is 1. The highest BCUT2D eigenvalue weighted by Gasteiger charge is 1.97. The van der Waals surface area contributed by atoms with E-state index < -0.39 is 0 Å². The van der Waals surface area contributed by atoms with Gasteiger partial charge in [-0.05, 0) is 30.4 Å². The lowest BCUT2D eigenvalue weighted by Crippen LogP contribution is -1.93. The summed E-state index contributed by atoms with van der Waals surface area (Å²) in [5.41, 5.74) is 2.73. The standard InChI is InChI=1S/C15H23N/c1-3-5-9-14-10-7-8-11-15(14)13-16-12-6-4-2/h7-8,10-11,13H,3-6,9,12H2,1-2H3. The van der Waals surface area contributed by atoms with E-state index in [-0.39, 0.29) is 0 Å². The lowest BCUT2D eigenvalue weighted by Gasteiger charge is -2.04. The molecule has 0 N–H and O–H groups in total. The zero-order valence-electron chi connectivity index (χ0n) is 10.6. The van der Waals surface area contributed by atoms with Crippen molar-refractivity contribution >= 4 is 6.21 Å². The fourth-order valence-corrected chi connectivity index (χ4v) is 1.67. The van der Waals surface area contributed by atoms with Crippen LogP contribution in [-0.4, -0.2) is 12.8 Å². The van der Waals surface area contributed by atoms with Gasteiger partial charge >= 0.3 is 0 Å². The van der Waals surface area contributed by atoms with Gasteiger partial charge in [-0.3, -0.25) is 4.99 Å². The normalized spacial score (nSPS) is 11.1. The Morgan fingerprint density at radius 2 is 1.81 bits per heavy atom. The van der Waals surface area contributed by atoms with Crippen LogP contribution in [0.25, 0.3) is 0 Å². The predicted octanol–water partition coefficient (Wildman–Crippen LogP) is 4.25. The van der Waals surface area contributed by atoms with Crippen LogP contribution in [0.3, 0.4) is 0 Å². The van der Waals surface area contributed by atoms with Crippen molar-refractivity contribution < 1.29 is 0 Å². The molecule has 1 rings (SSSR count). The molecular formula is C15H23N. The van der Waals surface area contributed by atoms with Crippen molar-refractivity contribution in [3.63, 3.8) is 0 Å². The van der Waals surface area contributed by atoms with Crippen LogP contribution >= 0.6 is 0 Å². The Hall–Kier alpha value is -1.11. The smallest absolute Gasteiger partial charge is 0.0389 e. The van der Waals surface area contributed by atoms with Gasteiger partial charge in [-0.15, -0.1) is 0 Å². The maximum atomic E-state index is 4.48. The summed E-state index contributed by atoms with van der Waals surface area (Å²) < 4.78 is 0. The van der Waals surface area contributed by atoms with Gasteiger partial charge < -0.3 is 0 Å². The summed E-state index contributed by atoms with van der Waals surface area (Å²) in [4.78, 5) is 4.48. The molecule has 0 aliphatic heterocycles. The van der Waals surface area contributed by atoms with Crippen molar-refractivity contribution in [3.05, 3.63) is 35.4 Å². The maximum absolute atomic E-state index is 4.48. The summed E-state index contributed by atoms with van der Waals surface area (Å²) >= 11 is 0. The first-order chi connectivity index (χ1) is 7.88. The minimum absolute atomic E-state index is 0.957. The van der Waals surface area contributed by atoms with Crippen LogP contribution in [0.15, 0.2) is 29.3 Å². The second kappa shape index (κ2) is 8.09. The molecular weight excluding hydrogens is 194 g/mol. The van der Waals surface area contributed by atoms with Gasteiger partial charge in [0.05, 0.1) is 0 Å². The fourth-order valence-electron chi connectivity index (χ4n) is 1.67. The van der Waals surface area contributed by atoms with Crippen LogP contribution in [0.4, 0.5) is 0 Å². The minimum Gasteiger partial charge on any atom is -0.293 e. The van der Waals surface area contributed by atoms with Crippen molar-refractivity contribution in [1.82, 2.24) is 0 Å². The van der Waals surface area contributed by atoms with Crippen LogP contribution in [0.5, 0.6) is 0 Å². The Kier molecular flexibility index (Phi) is 6.55. The molecule has 1 aromatic rings. The summed E-state index contributed by atoms with van der Waals surface area (Å²) in [6.45, 7) is 5.39. The van der Waals surface area contributed by atoms with E-state index in [2.05, 4.69) is 43.1 Å². The van der Waals surface area contributed by atoms with Gasteiger partial charge in [0.1, 0.15) is 0 Å². The Morgan fingerprint density at radius 1 is 1.06 bits per heavy atom. The molecule has 1 aromatic carbocycles. The van der Waals surface area contributed by atoms with E-state index in [0.29, 0.717) is 0 Å². The monoisotopic (exact) mass is 217 g/mol. The number of aliphatic imine (C=N–C) groups is 1. The third-order valence-electron chi connectivity index (χ3n) is 2.73. The Morgan fingerprint density at radius 3 is 2.56 bits per heavy atom. The van der Waals surface area contributed by atoms with Crippen LogP contribution in [0.2, 0.25) is 0 Å². The van der Waals surface area contributed by atoms with Crippen molar-refractivity contribution in [2.45, 2.75) is 46.0 Å². The number of hydrogen-bond donors (Lipinski definition) is 0. The molecule has 0 radical (unpaired) electrons. The average Bonchev–Trinajstić information content (AvgIpc) is 2.33. The summed E-state index contributed by atoms with van der Waals surface area (Å²) in [6, 6.07) is 8.60. The second-order valence-electron chi connectivity index (χ2n) is 4.19. The van der Waals surface area contributed by atoms with E-state index in [1.807, 2.05) is 6.21 Å². The topological polar surface area (TPSA) is 12.4 Å². The lowest BCUT2D eigenvalue weighted by molar-refractivity contribution is 0.793. The highest BCUT2D eigenvalue weighted by Crippen LogP contribution is 2.10. The molecule has 0 fully saturated rings. The molecule has 88 valence electrons. The molecule has 0 aromatic heterocycles. The van der Waals surface area contributed by atoms with Gasteiger partial charge in [-0.25, -0.2) is 0 Å². The maximum Gasteiger partial charge on any atom is 0.0389 e. The van der Waals surface area contributed by atoms with E-state index in [4.69, 9.17) is 0 Å². The SMILES string of the molecule is CCCCN=Cc1ccccc1CCCC. The van der Waals surface area contributed by atoms with Crippen LogP contribution in [-0.2, 0) is 6.42 Å². The van der Waals surface area contributed by atoms with Gasteiger partial charge in [-0.1, -0.05) is 51.0 Å². The van der Waals surface area contributed by atoms with Crippen LogP contribution in [0.1, 0.15) is 50.7 Å². The molecule has 0 heterocycles. The average molecular weight is 217 g/mol. The van der Waals surface area contributed by atoms with E-state index >= 15 is 0 Å². The molecule has 0 saturated heterocycles. The Bertz CT molecular complexity index is 315. The summed E-state index contributed by atoms with van der Waals surface area (Å²) in [7, 11) is 0. The zero-order chi connectivity index (χ0) is 11.6. The summed E-state index contributed by atoms with van der Waals surface area (Å²) in [5, 5.41) is 0. The number of nitrogens with zero attached hydrogens (tertiary/aromatic N) is 1. The van der Waals surface area contributed by atoms with Gasteiger partial charge in [0.25, 0.3) is 0 Å². The fraction of sp³-hybridized carbons (Fsp3) is 0.533. The lowest BCUT2D eigenvalue weighted by atomic mass is 10.0. The van der Waals surface area contributed by atoms with E-state index in [1.165, 1.54) is 43.2 Å². The van der Waals surface area contributed by atoms with Crippen molar-refractivity contribution in [1.29, 1.82) is 0 Å². The molecule has 0 unspecified atom stereocenters. The second-order valence-corrected chi connectivity index (χ2v) is 4.19. The third kappa shape index (κ3) is 4.61. The molecule has 0 atom stereocenters. The number of unbranched alkanes of at least 4 members (excludes halogenated alkanes) is 2. The molecule has 0 amide bonds. The van der Waals surface area contributed by atoms with Gasteiger partial charge in [0.2, 0.25) is 0 Å². The number of benzene rings is 1. The predicted molar refractivity (Wildman–Crippen MR) is 72.4 cm³/mol. The molecule has 0 bridgehead atoms. The first kappa shape index (κ1) is 13.0. The number of rotatable bonds is 7. The molecule has 0 aliphatic rings. The van der Waals surface area contributed by atoms with Crippen molar-refractivity contribution in [2.24, 2.45) is 4.99 Å². The zero-order valence-corrected chi connectivity index (χ0v) is 10.6. The first-order valence-corrected chi connectivity index (χ1v) is 6.46. The largest absolute Gasteiger partial charge is 0.293 e. The van der Waals surface area contributed by atoms with Gasteiger partial charge in [0, 0.05) is 12.8 Å². The third-order valence-corrected chi connectivity index (χ3v) is 2.73. The molecule has 1 heteroatoms. The van der Waals surface area contributed by atoms with Gasteiger partial charge in [-0.2, -0.15) is 0 Å². The molecule has 0 saturated carbocycles. The molecule has 0 spiro atoms. The molecule has 1 nitrogen and oxygen atoms in total. The van der Waals surface area contributed by atoms with Crippen LogP contribution in [0, 0.1) is 0 Å². The highest BCUT2D eigenvalue weighted by molar-refractivity contribution is 5.81. The minimum atomic E-state index is 0.957. The van der Waals surface area contributed by atoms with Crippen LogP contribution < -0.4 is 0 Å². The molecule has 16 heavy (non-hydrogen) atoms. The van der Waals surface area contributed by atoms with Gasteiger partial charge in [0.15, 0.2) is 0 Å². The quantitative estimate of drug-likeness (QED) is 0.478. The first-order valence-electron chi connectivity index (χ1n) is 6.46. The summed E-state index contributed by atoms with van der Waals surface area (Å²) in [6.07, 6.45) is 8.14. The van der Waals surface area contributed by atoms with E-state index in [9.17, 15) is 0 Å². The summed E-state index contributed by atoms with van der Waals surface area (Å²) in [5.74, 6) is 0. The van der Waals surface area contributed by atoms with E-state index in [1.54, 1.807) is 0 Å². The highest BCUT2D eigenvalue weighted by atomic mass is 14.7. The Labute approximate surface area is 99.6 Å².